The van der Waals surface area contributed by atoms with Crippen molar-refractivity contribution >= 4 is 28.0 Å². The predicted molar refractivity (Wildman–Crippen MR) is 78.5 cm³/mol. The fraction of sp³-hybridized carbons (Fsp3) is 0.231. The number of aromatic amines is 1. The summed E-state index contributed by atoms with van der Waals surface area (Å²) in [6.07, 6.45) is 14.6. The van der Waals surface area contributed by atoms with E-state index >= 15 is 0 Å². The van der Waals surface area contributed by atoms with Crippen molar-refractivity contribution in [2.24, 2.45) is 0 Å². The molecule has 1 heterocycles. The van der Waals surface area contributed by atoms with Crippen LogP contribution in [0.5, 0.6) is 0 Å². The summed E-state index contributed by atoms with van der Waals surface area (Å²) < 4.78 is 1.51. The largest absolute Gasteiger partial charge is 0.484 e. The third-order valence-electron chi connectivity index (χ3n) is 1.03. The van der Waals surface area contributed by atoms with E-state index in [0.29, 0.717) is 0 Å². The van der Waals surface area contributed by atoms with E-state index < -0.39 is 0 Å². The Bertz CT molecular complexity index is 248. The van der Waals surface area contributed by atoms with Gasteiger partial charge in [0.15, 0.2) is 0 Å². The Hall–Kier alpha value is 0.0931. The standard InChI is InChI=1S/C5H5.C4H4N.C3H6.CH3.2ClH.Zr/c2*1-2-4-5-3-1;1-3-2;;;;/h1-3H,4H2;1-3,5H;1-2H3;1H3;2*1H;/q2*-1;;-1;;;. The van der Waals surface area contributed by atoms with Gasteiger partial charge in [-0.05, 0) is 0 Å². The summed E-state index contributed by atoms with van der Waals surface area (Å²) in [6, 6.07) is 3.71. The van der Waals surface area contributed by atoms with E-state index in [1.54, 1.807) is 24.2 Å². The summed E-state index contributed by atoms with van der Waals surface area (Å²) in [5.41, 5.74) is 0. The van der Waals surface area contributed by atoms with Gasteiger partial charge < -0.3 is 12.4 Å². The molecule has 0 atom stereocenters. The molecule has 0 saturated heterocycles. The maximum Gasteiger partial charge on any atom is -0.108 e. The van der Waals surface area contributed by atoms with Crippen molar-refractivity contribution in [3.8, 4) is 0 Å². The summed E-state index contributed by atoms with van der Waals surface area (Å²) in [5.74, 6) is 0. The smallest absolute Gasteiger partial charge is 0.108 e. The monoisotopic (exact) mass is 350 g/mol. The van der Waals surface area contributed by atoms with Crippen molar-refractivity contribution in [1.82, 2.24) is 4.98 Å². The maximum atomic E-state index is 2.99. The van der Waals surface area contributed by atoms with E-state index in [1.165, 1.54) is 3.21 Å². The van der Waals surface area contributed by atoms with Crippen molar-refractivity contribution in [2.75, 3.05) is 0 Å². The first-order chi connectivity index (χ1) is 6.73. The van der Waals surface area contributed by atoms with Gasteiger partial charge in [0, 0.05) is 0 Å². The van der Waals surface area contributed by atoms with E-state index in [1.807, 2.05) is 30.5 Å². The number of hydrogen-bond donors (Lipinski definition) is 1. The molecular weight excluding hydrogens is 332 g/mol. The molecule has 1 nitrogen and oxygen atoms in total. The van der Waals surface area contributed by atoms with Crippen molar-refractivity contribution < 1.29 is 24.2 Å². The molecule has 0 radical (unpaired) electrons. The molecule has 17 heavy (non-hydrogen) atoms. The molecule has 1 aromatic rings. The summed E-state index contributed by atoms with van der Waals surface area (Å²) >= 11 is 1.55. The van der Waals surface area contributed by atoms with Crippen LogP contribution in [-0.2, 0) is 24.2 Å². The number of hydrogen-bond acceptors (Lipinski definition) is 0. The van der Waals surface area contributed by atoms with Crippen molar-refractivity contribution in [2.45, 2.75) is 20.3 Å². The minimum atomic E-state index is 0. The molecule has 0 amide bonds. The second kappa shape index (κ2) is 21.4. The third-order valence-corrected chi connectivity index (χ3v) is 1.03. The van der Waals surface area contributed by atoms with Crippen LogP contribution < -0.4 is 0 Å². The van der Waals surface area contributed by atoms with Gasteiger partial charge in [0.25, 0.3) is 0 Å². The van der Waals surface area contributed by atoms with Gasteiger partial charge in [-0.2, -0.15) is 24.4 Å². The van der Waals surface area contributed by atoms with Gasteiger partial charge in [-0.1, -0.05) is 0 Å². The van der Waals surface area contributed by atoms with Crippen molar-refractivity contribution in [3.63, 3.8) is 0 Å². The summed E-state index contributed by atoms with van der Waals surface area (Å²) in [5, 5.41) is 0. The zero-order chi connectivity index (χ0) is 10.6. The summed E-state index contributed by atoms with van der Waals surface area (Å²) in [6.45, 7) is 4.25. The molecule has 1 aliphatic rings. The topological polar surface area (TPSA) is 15.8 Å². The number of nitrogens with one attached hydrogen (secondary N) is 1. The summed E-state index contributed by atoms with van der Waals surface area (Å²) in [7, 11) is 0. The molecule has 1 aromatic heterocycles. The molecule has 0 spiro atoms. The third kappa shape index (κ3) is 31.4. The van der Waals surface area contributed by atoms with E-state index in [4.69, 9.17) is 0 Å². The van der Waals surface area contributed by atoms with Crippen LogP contribution in [-0.4, -0.2) is 8.19 Å². The molecule has 1 N–H and O–H groups in total. The Balaban J connectivity index is -0.0000000692. The Morgan fingerprint density at radius 3 is 2.00 bits per heavy atom. The second-order valence-corrected chi connectivity index (χ2v) is 5.28. The minimum absolute atomic E-state index is 0. The zero-order valence-corrected chi connectivity index (χ0v) is 14.6. The Labute approximate surface area is 133 Å². The van der Waals surface area contributed by atoms with Gasteiger partial charge in [-0.25, -0.2) is 12.2 Å². The Morgan fingerprint density at radius 1 is 1.29 bits per heavy atom. The van der Waals surface area contributed by atoms with Crippen LogP contribution in [0.1, 0.15) is 20.3 Å². The first-order valence-electron chi connectivity index (χ1n) is 4.46. The fourth-order valence-corrected chi connectivity index (χ4v) is 0.581. The van der Waals surface area contributed by atoms with Crippen molar-refractivity contribution in [1.29, 1.82) is 0 Å². The predicted octanol–water partition coefficient (Wildman–Crippen LogP) is 4.16. The first-order valence-corrected chi connectivity index (χ1v) is 5.69. The average Bonchev–Trinajstić information content (AvgIpc) is 2.83. The van der Waals surface area contributed by atoms with Crippen LogP contribution in [0.3, 0.4) is 0 Å². The van der Waals surface area contributed by atoms with Gasteiger partial charge in [0.1, 0.15) is 0 Å². The van der Waals surface area contributed by atoms with E-state index in [0.717, 1.165) is 6.42 Å². The molecule has 0 bridgehead atoms. The van der Waals surface area contributed by atoms with Crippen LogP contribution in [0.25, 0.3) is 0 Å². The molecule has 0 aliphatic heterocycles. The maximum absolute atomic E-state index is 2.99. The van der Waals surface area contributed by atoms with Crippen LogP contribution in [0, 0.1) is 19.7 Å². The van der Waals surface area contributed by atoms with Crippen LogP contribution in [0.2, 0.25) is 0 Å². The van der Waals surface area contributed by atoms with Gasteiger partial charge >= 0.3 is 41.3 Å². The van der Waals surface area contributed by atoms with Gasteiger partial charge in [-0.15, -0.1) is 37.4 Å². The zero-order valence-electron chi connectivity index (χ0n) is 10.5. The molecule has 2 rings (SSSR count). The van der Waals surface area contributed by atoms with E-state index in [2.05, 4.69) is 37.2 Å². The minimum Gasteiger partial charge on any atom is -0.484 e. The molecule has 98 valence electrons. The number of aromatic nitrogens is 1. The number of halogens is 2. The SMILES string of the molecule is C[C](C)=[Zr].Cl.Cl.[C-]1=CC=CC1.[CH3-].[c-]1ccc[nH]1. The molecule has 4 heteroatoms. The molecule has 0 aromatic carbocycles. The Morgan fingerprint density at radius 2 is 1.88 bits per heavy atom. The fourth-order valence-electron chi connectivity index (χ4n) is 0.581. The van der Waals surface area contributed by atoms with Gasteiger partial charge in [0.2, 0.25) is 0 Å². The summed E-state index contributed by atoms with van der Waals surface area (Å²) in [4.78, 5) is 2.74. The van der Waals surface area contributed by atoms with Crippen molar-refractivity contribution in [3.05, 3.63) is 56.3 Å². The molecule has 1 aliphatic carbocycles. The second-order valence-electron chi connectivity index (χ2n) is 2.82. The van der Waals surface area contributed by atoms with Gasteiger partial charge in [-0.3, -0.25) is 6.08 Å². The number of H-pyrrole nitrogens is 1. The first kappa shape index (κ1) is 25.8. The van der Waals surface area contributed by atoms with E-state index in [-0.39, 0.29) is 32.2 Å². The normalized spacial score (nSPS) is 9.00. The molecule has 0 unspecified atom stereocenters. The molecule has 0 fully saturated rings. The molecule has 0 saturated carbocycles. The van der Waals surface area contributed by atoms with Crippen LogP contribution in [0.4, 0.5) is 0 Å². The number of rotatable bonds is 0. The van der Waals surface area contributed by atoms with E-state index in [9.17, 15) is 0 Å². The number of allylic oxidation sites excluding steroid dienone is 4. The van der Waals surface area contributed by atoms with Crippen LogP contribution >= 0.6 is 24.8 Å². The molecular formula is C13H20Cl2NZr-3. The Kier molecular flexibility index (Phi) is 32.5. The van der Waals surface area contributed by atoms with Crippen LogP contribution in [0.15, 0.2) is 36.6 Å². The van der Waals surface area contributed by atoms with Gasteiger partial charge in [0.05, 0.1) is 0 Å². The quantitative estimate of drug-likeness (QED) is 0.675. The average molecular weight is 352 g/mol.